The van der Waals surface area contributed by atoms with Gasteiger partial charge in [0.05, 0.1) is 0 Å². The molecule has 1 atom stereocenters. The van der Waals surface area contributed by atoms with Crippen molar-refractivity contribution in [1.82, 2.24) is 0 Å². The first-order chi connectivity index (χ1) is 9.11. The molecule has 0 amide bonds. The van der Waals surface area contributed by atoms with Gasteiger partial charge in [-0.05, 0) is 29.6 Å². The van der Waals surface area contributed by atoms with Gasteiger partial charge < -0.3 is 0 Å². The van der Waals surface area contributed by atoms with Crippen LogP contribution in [0.4, 0.5) is 0 Å². The van der Waals surface area contributed by atoms with Crippen LogP contribution in [0.5, 0.6) is 0 Å². The molecule has 0 N–H and O–H groups in total. The third kappa shape index (κ3) is 12.0. The Hall–Kier alpha value is 0.570. The van der Waals surface area contributed by atoms with Crippen LogP contribution in [0.15, 0.2) is 9.81 Å². The summed E-state index contributed by atoms with van der Waals surface area (Å²) in [5, 5.41) is 0. The quantitative estimate of drug-likeness (QED) is 0.301. The largest absolute Gasteiger partial charge is 0.198 e. The van der Waals surface area contributed by atoms with E-state index in [9.17, 15) is 0 Å². The van der Waals surface area contributed by atoms with E-state index in [2.05, 4.69) is 47.6 Å². The zero-order valence-corrected chi connectivity index (χ0v) is 15.1. The molecule has 0 aliphatic heterocycles. The molecule has 2 radical (unpaired) electrons. The third-order valence-corrected chi connectivity index (χ3v) is 5.47. The molecule has 0 nitrogen and oxygen atoms in total. The molecule has 0 saturated carbocycles. The van der Waals surface area contributed by atoms with Crippen LogP contribution < -0.4 is 0 Å². The molecule has 0 saturated heterocycles. The van der Waals surface area contributed by atoms with Crippen LogP contribution >= 0.6 is 23.2 Å². The number of rotatable bonds is 12. The highest BCUT2D eigenvalue weighted by atomic mass is 32.2. The molecule has 0 heterocycles. The Labute approximate surface area is 131 Å². The molecule has 0 spiro atoms. The van der Waals surface area contributed by atoms with Crippen LogP contribution in [0.25, 0.3) is 0 Å². The van der Waals surface area contributed by atoms with Gasteiger partial charge in [0.15, 0.2) is 13.1 Å². The maximum Gasteiger partial charge on any atom is 0.198 e. The summed E-state index contributed by atoms with van der Waals surface area (Å²) in [6.07, 6.45) is 9.59. The zero-order valence-electron chi connectivity index (χ0n) is 13.5. The van der Waals surface area contributed by atoms with Gasteiger partial charge in [0.1, 0.15) is 0 Å². The van der Waals surface area contributed by atoms with Gasteiger partial charge in [-0.3, -0.25) is 0 Å². The lowest BCUT2D eigenvalue weighted by molar-refractivity contribution is 0.477. The maximum absolute atomic E-state index is 2.40. The second-order valence-electron chi connectivity index (χ2n) is 5.28. The summed E-state index contributed by atoms with van der Waals surface area (Å²) in [5.74, 6) is 0.887. The highest BCUT2D eigenvalue weighted by Gasteiger charge is 2.04. The van der Waals surface area contributed by atoms with E-state index in [1.54, 1.807) is 0 Å². The second kappa shape index (κ2) is 13.5. The Morgan fingerprint density at radius 1 is 1.00 bits per heavy atom. The smallest absolute Gasteiger partial charge is 0.188 e. The van der Waals surface area contributed by atoms with E-state index in [1.165, 1.54) is 54.7 Å². The summed E-state index contributed by atoms with van der Waals surface area (Å²) in [6.45, 7) is 15.7. The van der Waals surface area contributed by atoms with E-state index >= 15 is 0 Å². The van der Waals surface area contributed by atoms with E-state index in [1.807, 2.05) is 23.2 Å². The number of allylic oxidation sites excluding steroid dienone is 2. The number of hydrogen-bond donors (Lipinski definition) is 0. The second-order valence-corrected chi connectivity index (χ2v) is 7.78. The normalized spacial score (nSPS) is 13.9. The Morgan fingerprint density at radius 3 is 2.32 bits per heavy atom. The Bertz CT molecular complexity index is 242. The van der Waals surface area contributed by atoms with Gasteiger partial charge in [0.2, 0.25) is 0 Å². The average Bonchev–Trinajstić information content (AvgIpc) is 2.39. The van der Waals surface area contributed by atoms with Gasteiger partial charge in [-0.2, -0.15) is 23.2 Å². The Balaban J connectivity index is 3.54. The third-order valence-electron chi connectivity index (χ3n) is 3.38. The van der Waals surface area contributed by atoms with Crippen LogP contribution in [0.3, 0.4) is 0 Å². The van der Waals surface area contributed by atoms with Crippen molar-refractivity contribution in [3.05, 3.63) is 9.81 Å². The minimum Gasteiger partial charge on any atom is -0.188 e. The molecule has 0 aromatic carbocycles. The fraction of sp³-hybridized carbons (Fsp3) is 0.867. The van der Waals surface area contributed by atoms with E-state index in [0.29, 0.717) is 0 Å². The van der Waals surface area contributed by atoms with Crippen molar-refractivity contribution in [2.45, 2.75) is 79.4 Å². The van der Waals surface area contributed by atoms with Gasteiger partial charge in [-0.15, -0.1) is 0 Å². The van der Waals surface area contributed by atoms with E-state index < -0.39 is 0 Å². The molecule has 19 heavy (non-hydrogen) atoms. The number of unbranched alkanes of at least 4 members (excludes halogenated alkanes) is 3. The van der Waals surface area contributed by atoms with Crippen molar-refractivity contribution in [1.29, 1.82) is 0 Å². The molecule has 0 fully saturated rings. The fourth-order valence-electron chi connectivity index (χ4n) is 1.94. The first-order valence-electron chi connectivity index (χ1n) is 7.72. The molecule has 1 unspecified atom stereocenters. The Morgan fingerprint density at radius 2 is 1.68 bits per heavy atom. The van der Waals surface area contributed by atoms with Crippen molar-refractivity contribution in [2.75, 3.05) is 0 Å². The monoisotopic (exact) mass is 296 g/mol. The molecule has 0 aromatic heterocycles. The Kier molecular flexibility index (Phi) is 14.0. The van der Waals surface area contributed by atoms with Gasteiger partial charge in [0, 0.05) is 0 Å². The van der Waals surface area contributed by atoms with Crippen LogP contribution in [-0.4, -0.2) is 13.1 Å². The topological polar surface area (TPSA) is 0 Å². The first kappa shape index (κ1) is 19.6. The van der Waals surface area contributed by atoms with Crippen molar-refractivity contribution in [3.63, 3.8) is 0 Å². The lowest BCUT2D eigenvalue weighted by atomic mass is 9.90. The predicted molar refractivity (Wildman–Crippen MR) is 98.3 cm³/mol. The van der Waals surface area contributed by atoms with Crippen molar-refractivity contribution < 1.29 is 0 Å². The molecular weight excluding hydrogens is 266 g/mol. The SMILES string of the molecule is C[B]S/C(C)=C(\C)S[B]CCC(C)CCCCCC. The molecule has 0 rings (SSSR count). The summed E-state index contributed by atoms with van der Waals surface area (Å²) >= 11 is 3.75. The summed E-state index contributed by atoms with van der Waals surface area (Å²) in [4.78, 5) is 2.87. The predicted octanol–water partition coefficient (Wildman–Crippen LogP) is 6.41. The maximum atomic E-state index is 2.40. The van der Waals surface area contributed by atoms with E-state index in [4.69, 9.17) is 0 Å². The fourth-order valence-corrected chi connectivity index (χ4v) is 3.42. The average molecular weight is 296 g/mol. The minimum atomic E-state index is 0.887. The van der Waals surface area contributed by atoms with Crippen LogP contribution in [-0.2, 0) is 0 Å². The standard InChI is InChI=1S/C15H30B2S2/c1-6-7-8-9-10-13(2)11-12-17-19-15(4)14(3)18-16-5/h13H,6-12H2,1-5H3/b15-14+. The van der Waals surface area contributed by atoms with Gasteiger partial charge in [-0.25, -0.2) is 0 Å². The molecule has 0 aliphatic rings. The van der Waals surface area contributed by atoms with Crippen molar-refractivity contribution in [2.24, 2.45) is 5.92 Å². The van der Waals surface area contributed by atoms with Crippen molar-refractivity contribution in [3.8, 4) is 0 Å². The van der Waals surface area contributed by atoms with Gasteiger partial charge in [-0.1, -0.05) is 65.5 Å². The summed E-state index contributed by atoms with van der Waals surface area (Å²) in [5.41, 5.74) is 0. The van der Waals surface area contributed by atoms with E-state index in [0.717, 1.165) is 5.92 Å². The molecule has 0 aliphatic carbocycles. The zero-order chi connectivity index (χ0) is 14.5. The molecule has 108 valence electrons. The molecule has 0 aromatic rings. The summed E-state index contributed by atoms with van der Waals surface area (Å²) in [7, 11) is 0. The van der Waals surface area contributed by atoms with Crippen LogP contribution in [0, 0.1) is 5.92 Å². The molecular formula is C15H30B2S2. The molecule has 4 heteroatoms. The lowest BCUT2D eigenvalue weighted by Crippen LogP contribution is -1.97. The highest BCUT2D eigenvalue weighted by molar-refractivity contribution is 8.28. The van der Waals surface area contributed by atoms with Gasteiger partial charge >= 0.3 is 0 Å². The summed E-state index contributed by atoms with van der Waals surface area (Å²) < 4.78 is 0. The lowest BCUT2D eigenvalue weighted by Gasteiger charge is -2.11. The summed E-state index contributed by atoms with van der Waals surface area (Å²) in [6, 6.07) is 0. The van der Waals surface area contributed by atoms with E-state index in [-0.39, 0.29) is 0 Å². The van der Waals surface area contributed by atoms with Gasteiger partial charge in [0.25, 0.3) is 0 Å². The number of hydrogen-bond acceptors (Lipinski definition) is 2. The highest BCUT2D eigenvalue weighted by Crippen LogP contribution is 2.26. The van der Waals surface area contributed by atoms with Crippen molar-refractivity contribution >= 4 is 36.3 Å². The van der Waals surface area contributed by atoms with Crippen LogP contribution in [0.1, 0.15) is 66.2 Å². The van der Waals surface area contributed by atoms with Crippen LogP contribution in [0.2, 0.25) is 13.1 Å². The molecule has 0 bridgehead atoms. The first-order valence-corrected chi connectivity index (χ1v) is 9.48. The minimum absolute atomic E-state index is 0.887.